The number of rotatable bonds is 3. The summed E-state index contributed by atoms with van der Waals surface area (Å²) in [7, 11) is -3.13. The van der Waals surface area contributed by atoms with Gasteiger partial charge in [0, 0.05) is 30.0 Å². The number of hydrogen-bond donors (Lipinski definition) is 1. The summed E-state index contributed by atoms with van der Waals surface area (Å²) >= 11 is 1.65. The maximum atomic E-state index is 12.1. The van der Waals surface area contributed by atoms with Crippen LogP contribution in [0, 0.1) is 0 Å². The molecule has 0 aliphatic carbocycles. The summed E-state index contributed by atoms with van der Waals surface area (Å²) in [4.78, 5) is 9.75. The van der Waals surface area contributed by atoms with Crippen molar-refractivity contribution in [1.29, 1.82) is 0 Å². The van der Waals surface area contributed by atoms with E-state index in [1.165, 1.54) is 0 Å². The van der Waals surface area contributed by atoms with Crippen molar-refractivity contribution in [2.45, 2.75) is 12.3 Å². The minimum Gasteiger partial charge on any atom is -0.368 e. The van der Waals surface area contributed by atoms with Crippen molar-refractivity contribution in [3.8, 4) is 0 Å². The first-order chi connectivity index (χ1) is 8.54. The number of nitrogens with two attached hydrogens (primary N) is 1. The molecule has 1 aliphatic rings. The van der Waals surface area contributed by atoms with Gasteiger partial charge in [0.25, 0.3) is 0 Å². The standard InChI is InChI=1S/C10H16N4O2S2/c1-2-18(15,16)9-7-17-6-5-14(9)8-3-4-12-10(11)13-8/h3-4,9H,2,5-7H2,1H3,(H2,11,12,13). The Hall–Kier alpha value is -1.02. The minimum absolute atomic E-state index is 0.134. The molecule has 6 nitrogen and oxygen atoms in total. The molecule has 1 atom stereocenters. The predicted molar refractivity (Wildman–Crippen MR) is 74.4 cm³/mol. The lowest BCUT2D eigenvalue weighted by Crippen LogP contribution is -2.48. The van der Waals surface area contributed by atoms with E-state index in [1.54, 1.807) is 30.9 Å². The summed E-state index contributed by atoms with van der Waals surface area (Å²) in [5.41, 5.74) is 5.55. The summed E-state index contributed by atoms with van der Waals surface area (Å²) in [6, 6.07) is 1.70. The third-order valence-electron chi connectivity index (χ3n) is 2.86. The summed E-state index contributed by atoms with van der Waals surface area (Å²) in [5.74, 6) is 2.35. The van der Waals surface area contributed by atoms with Crippen LogP contribution < -0.4 is 10.6 Å². The van der Waals surface area contributed by atoms with Crippen LogP contribution in [0.5, 0.6) is 0 Å². The van der Waals surface area contributed by atoms with E-state index in [0.29, 0.717) is 18.1 Å². The van der Waals surface area contributed by atoms with Gasteiger partial charge in [-0.2, -0.15) is 16.7 Å². The number of hydrogen-bond acceptors (Lipinski definition) is 7. The lowest BCUT2D eigenvalue weighted by Gasteiger charge is -2.35. The first-order valence-electron chi connectivity index (χ1n) is 5.69. The smallest absolute Gasteiger partial charge is 0.221 e. The second-order valence-corrected chi connectivity index (χ2v) is 7.54. The van der Waals surface area contributed by atoms with Gasteiger partial charge in [-0.05, 0) is 6.07 Å². The van der Waals surface area contributed by atoms with Gasteiger partial charge in [-0.1, -0.05) is 6.92 Å². The van der Waals surface area contributed by atoms with Crippen molar-refractivity contribution < 1.29 is 8.42 Å². The van der Waals surface area contributed by atoms with Crippen LogP contribution in [0.25, 0.3) is 0 Å². The molecule has 0 saturated carbocycles. The van der Waals surface area contributed by atoms with Gasteiger partial charge in [-0.3, -0.25) is 0 Å². The van der Waals surface area contributed by atoms with Gasteiger partial charge < -0.3 is 10.6 Å². The highest BCUT2D eigenvalue weighted by molar-refractivity contribution is 8.01. The van der Waals surface area contributed by atoms with E-state index in [1.807, 2.05) is 4.90 Å². The minimum atomic E-state index is -3.13. The SMILES string of the molecule is CCS(=O)(=O)C1CSCCN1c1ccnc(N)n1. The van der Waals surface area contributed by atoms with Crippen LogP contribution >= 0.6 is 11.8 Å². The molecule has 1 aromatic rings. The number of nitrogens with zero attached hydrogens (tertiary/aromatic N) is 3. The van der Waals surface area contributed by atoms with E-state index in [0.717, 1.165) is 5.75 Å². The first-order valence-corrected chi connectivity index (χ1v) is 8.56. The fourth-order valence-electron chi connectivity index (χ4n) is 1.86. The Morgan fingerprint density at radius 3 is 3.06 bits per heavy atom. The van der Waals surface area contributed by atoms with Crippen LogP contribution in [0.2, 0.25) is 0 Å². The van der Waals surface area contributed by atoms with Crippen LogP contribution in [0.4, 0.5) is 11.8 Å². The van der Waals surface area contributed by atoms with Crippen molar-refractivity contribution in [3.63, 3.8) is 0 Å². The molecular weight excluding hydrogens is 272 g/mol. The molecule has 8 heteroatoms. The van der Waals surface area contributed by atoms with Crippen molar-refractivity contribution in [1.82, 2.24) is 9.97 Å². The third kappa shape index (κ3) is 2.69. The van der Waals surface area contributed by atoms with Crippen LogP contribution in [-0.2, 0) is 9.84 Å². The molecule has 18 heavy (non-hydrogen) atoms. The predicted octanol–water partition coefficient (Wildman–Crippen LogP) is 0.373. The molecule has 2 rings (SSSR count). The summed E-state index contributed by atoms with van der Waals surface area (Å²) in [6.07, 6.45) is 1.55. The topological polar surface area (TPSA) is 89.2 Å². The molecule has 1 aliphatic heterocycles. The third-order valence-corrected chi connectivity index (χ3v) is 6.14. The zero-order valence-electron chi connectivity index (χ0n) is 10.1. The number of anilines is 2. The van der Waals surface area contributed by atoms with E-state index in [9.17, 15) is 8.42 Å². The zero-order chi connectivity index (χ0) is 13.2. The average Bonchev–Trinajstić information content (AvgIpc) is 2.39. The van der Waals surface area contributed by atoms with Crippen LogP contribution in [-0.4, -0.2) is 47.6 Å². The molecule has 0 spiro atoms. The van der Waals surface area contributed by atoms with Crippen molar-refractivity contribution in [3.05, 3.63) is 12.3 Å². The fourth-order valence-corrected chi connectivity index (χ4v) is 4.83. The van der Waals surface area contributed by atoms with E-state index in [4.69, 9.17) is 5.73 Å². The Morgan fingerprint density at radius 2 is 2.39 bits per heavy atom. The Bertz CT molecular complexity index is 520. The lowest BCUT2D eigenvalue weighted by atomic mass is 10.4. The van der Waals surface area contributed by atoms with E-state index < -0.39 is 15.2 Å². The van der Waals surface area contributed by atoms with Gasteiger partial charge in [0.05, 0.1) is 0 Å². The van der Waals surface area contributed by atoms with E-state index in [-0.39, 0.29) is 11.7 Å². The summed E-state index contributed by atoms with van der Waals surface area (Å²) in [6.45, 7) is 2.33. The number of nitrogen functional groups attached to an aromatic ring is 1. The Kier molecular flexibility index (Phi) is 3.96. The Morgan fingerprint density at radius 1 is 1.61 bits per heavy atom. The number of thioether (sulfide) groups is 1. The normalized spacial score (nSPS) is 20.9. The maximum Gasteiger partial charge on any atom is 0.221 e. The maximum absolute atomic E-state index is 12.1. The second kappa shape index (κ2) is 5.31. The molecule has 0 aromatic carbocycles. The Labute approximate surface area is 111 Å². The second-order valence-electron chi connectivity index (χ2n) is 3.95. The largest absolute Gasteiger partial charge is 0.368 e. The molecule has 0 radical (unpaired) electrons. The van der Waals surface area contributed by atoms with Crippen LogP contribution in [0.1, 0.15) is 6.92 Å². The lowest BCUT2D eigenvalue weighted by molar-refractivity contribution is 0.579. The van der Waals surface area contributed by atoms with Crippen LogP contribution in [0.15, 0.2) is 12.3 Å². The van der Waals surface area contributed by atoms with Gasteiger partial charge in [0.15, 0.2) is 9.84 Å². The van der Waals surface area contributed by atoms with Gasteiger partial charge in [0.1, 0.15) is 11.2 Å². The van der Waals surface area contributed by atoms with Crippen molar-refractivity contribution in [2.24, 2.45) is 0 Å². The quantitative estimate of drug-likeness (QED) is 0.859. The number of sulfone groups is 1. The molecule has 1 unspecified atom stereocenters. The molecule has 0 bridgehead atoms. The average molecular weight is 288 g/mol. The molecule has 1 fully saturated rings. The molecule has 1 saturated heterocycles. The highest BCUT2D eigenvalue weighted by Gasteiger charge is 2.33. The van der Waals surface area contributed by atoms with Gasteiger partial charge in [0.2, 0.25) is 5.95 Å². The highest BCUT2D eigenvalue weighted by atomic mass is 32.2. The monoisotopic (exact) mass is 288 g/mol. The zero-order valence-corrected chi connectivity index (χ0v) is 11.7. The Balaban J connectivity index is 2.34. The molecule has 0 amide bonds. The van der Waals surface area contributed by atoms with Gasteiger partial charge >= 0.3 is 0 Å². The summed E-state index contributed by atoms with van der Waals surface area (Å²) in [5, 5.41) is -0.518. The van der Waals surface area contributed by atoms with Crippen molar-refractivity contribution in [2.75, 3.05) is 34.4 Å². The summed E-state index contributed by atoms with van der Waals surface area (Å²) < 4.78 is 24.2. The van der Waals surface area contributed by atoms with Gasteiger partial charge in [-0.15, -0.1) is 0 Å². The fraction of sp³-hybridized carbons (Fsp3) is 0.600. The van der Waals surface area contributed by atoms with Gasteiger partial charge in [-0.25, -0.2) is 13.4 Å². The molecule has 2 heterocycles. The number of aromatic nitrogens is 2. The van der Waals surface area contributed by atoms with E-state index >= 15 is 0 Å². The highest BCUT2D eigenvalue weighted by Crippen LogP contribution is 2.26. The first kappa shape index (κ1) is 13.4. The van der Waals surface area contributed by atoms with E-state index in [2.05, 4.69) is 9.97 Å². The molecule has 100 valence electrons. The molecular formula is C10H16N4O2S2. The van der Waals surface area contributed by atoms with Crippen molar-refractivity contribution >= 4 is 33.4 Å². The molecule has 2 N–H and O–H groups in total. The van der Waals surface area contributed by atoms with Crippen LogP contribution in [0.3, 0.4) is 0 Å². The molecule has 1 aromatic heterocycles.